The number of likely N-dealkylation sites (N-methyl/N-ethyl adjacent to an activating group) is 1. The summed E-state index contributed by atoms with van der Waals surface area (Å²) < 4.78 is 5.98. The summed E-state index contributed by atoms with van der Waals surface area (Å²) >= 11 is 0. The molecular formula is C24H34N4O2. The molecule has 2 aromatic carbocycles. The molecule has 0 spiro atoms. The van der Waals surface area contributed by atoms with Gasteiger partial charge in [-0.25, -0.2) is 4.79 Å². The van der Waals surface area contributed by atoms with Crippen LogP contribution in [0.2, 0.25) is 0 Å². The van der Waals surface area contributed by atoms with Crippen LogP contribution in [-0.4, -0.2) is 61.6 Å². The van der Waals surface area contributed by atoms with Crippen LogP contribution in [0.4, 0.5) is 10.5 Å². The van der Waals surface area contributed by atoms with Crippen LogP contribution >= 0.6 is 0 Å². The van der Waals surface area contributed by atoms with Gasteiger partial charge in [0.2, 0.25) is 0 Å². The zero-order chi connectivity index (χ0) is 21.5. The number of ether oxygens (including phenoxy) is 1. The monoisotopic (exact) mass is 410 g/mol. The first-order valence-electron chi connectivity index (χ1n) is 10.7. The minimum absolute atomic E-state index is 0.213. The standard InChI is InChI=1S/C24H34N4O2/c1-18(2)22(28-15-13-27(4)14-16-28)17-25-24(29)26-21-7-5-6-8-23(21)30-20-11-9-19(3)10-12-20/h5-12,18,22H,13-17H2,1-4H3,(H2,25,26,29). The molecule has 6 heteroatoms. The van der Waals surface area contributed by atoms with Crippen molar-refractivity contribution in [2.24, 2.45) is 5.92 Å². The van der Waals surface area contributed by atoms with Crippen molar-refractivity contribution in [3.8, 4) is 11.5 Å². The molecular weight excluding hydrogens is 376 g/mol. The number of aryl methyl sites for hydroxylation is 1. The minimum Gasteiger partial charge on any atom is -0.455 e. The number of carbonyl (C=O) groups is 1. The molecule has 2 amide bonds. The fraction of sp³-hybridized carbons (Fsp3) is 0.458. The first-order chi connectivity index (χ1) is 14.4. The molecule has 0 aromatic heterocycles. The highest BCUT2D eigenvalue weighted by atomic mass is 16.5. The maximum absolute atomic E-state index is 12.6. The van der Waals surface area contributed by atoms with Gasteiger partial charge in [-0.15, -0.1) is 0 Å². The van der Waals surface area contributed by atoms with E-state index in [-0.39, 0.29) is 6.03 Å². The predicted octanol–water partition coefficient (Wildman–Crippen LogP) is 4.18. The summed E-state index contributed by atoms with van der Waals surface area (Å²) in [7, 11) is 2.16. The second kappa shape index (κ2) is 10.5. The summed E-state index contributed by atoms with van der Waals surface area (Å²) in [6.07, 6.45) is 0. The lowest BCUT2D eigenvalue weighted by Gasteiger charge is -2.39. The van der Waals surface area contributed by atoms with Crippen LogP contribution in [0.3, 0.4) is 0 Å². The molecule has 1 aliphatic heterocycles. The Morgan fingerprint density at radius 1 is 1.03 bits per heavy atom. The second-order valence-corrected chi connectivity index (χ2v) is 8.40. The molecule has 30 heavy (non-hydrogen) atoms. The number of nitrogens with one attached hydrogen (secondary N) is 2. The maximum atomic E-state index is 12.6. The van der Waals surface area contributed by atoms with Crippen molar-refractivity contribution in [2.45, 2.75) is 26.8 Å². The Morgan fingerprint density at radius 3 is 2.37 bits per heavy atom. The zero-order valence-corrected chi connectivity index (χ0v) is 18.5. The van der Waals surface area contributed by atoms with Gasteiger partial charge in [0.25, 0.3) is 0 Å². The molecule has 1 saturated heterocycles. The maximum Gasteiger partial charge on any atom is 0.319 e. The Hall–Kier alpha value is -2.57. The van der Waals surface area contributed by atoms with E-state index in [0.29, 0.717) is 29.9 Å². The number of urea groups is 1. The molecule has 2 aromatic rings. The smallest absolute Gasteiger partial charge is 0.319 e. The minimum atomic E-state index is -0.213. The van der Waals surface area contributed by atoms with Crippen LogP contribution in [0.25, 0.3) is 0 Å². The summed E-state index contributed by atoms with van der Waals surface area (Å²) in [5, 5.41) is 6.00. The van der Waals surface area contributed by atoms with Crippen molar-refractivity contribution in [2.75, 3.05) is 45.1 Å². The Morgan fingerprint density at radius 2 is 1.70 bits per heavy atom. The molecule has 1 fully saturated rings. The number of hydrogen-bond acceptors (Lipinski definition) is 4. The molecule has 162 valence electrons. The number of carbonyl (C=O) groups excluding carboxylic acids is 1. The summed E-state index contributed by atoms with van der Waals surface area (Å²) in [5.41, 5.74) is 1.82. The number of anilines is 1. The third kappa shape index (κ3) is 6.21. The molecule has 1 aliphatic rings. The van der Waals surface area contributed by atoms with Gasteiger partial charge in [-0.3, -0.25) is 4.90 Å². The fourth-order valence-corrected chi connectivity index (χ4v) is 3.70. The Labute approximate surface area is 180 Å². The third-order valence-corrected chi connectivity index (χ3v) is 5.63. The molecule has 2 N–H and O–H groups in total. The summed E-state index contributed by atoms with van der Waals surface area (Å²) in [6.45, 7) is 11.3. The van der Waals surface area contributed by atoms with Gasteiger partial charge in [-0.1, -0.05) is 43.7 Å². The highest BCUT2D eigenvalue weighted by molar-refractivity contribution is 5.91. The molecule has 1 unspecified atom stereocenters. The molecule has 1 atom stereocenters. The lowest BCUT2D eigenvalue weighted by molar-refractivity contribution is 0.0890. The average Bonchev–Trinajstić information content (AvgIpc) is 2.72. The Kier molecular flexibility index (Phi) is 7.71. The van der Waals surface area contributed by atoms with Crippen molar-refractivity contribution >= 4 is 11.7 Å². The summed E-state index contributed by atoms with van der Waals surface area (Å²) in [5.74, 6) is 1.83. The topological polar surface area (TPSA) is 56.8 Å². The summed E-state index contributed by atoms with van der Waals surface area (Å²) in [6, 6.07) is 15.5. The number of benzene rings is 2. The van der Waals surface area contributed by atoms with Gasteiger partial charge < -0.3 is 20.3 Å². The average molecular weight is 411 g/mol. The van der Waals surface area contributed by atoms with Crippen molar-refractivity contribution < 1.29 is 9.53 Å². The molecule has 0 bridgehead atoms. The van der Waals surface area contributed by atoms with Gasteiger partial charge in [0.05, 0.1) is 5.69 Å². The van der Waals surface area contributed by atoms with Gasteiger partial charge >= 0.3 is 6.03 Å². The predicted molar refractivity (Wildman–Crippen MR) is 122 cm³/mol. The van der Waals surface area contributed by atoms with Gasteiger partial charge in [0.1, 0.15) is 5.75 Å². The van der Waals surface area contributed by atoms with Crippen LogP contribution in [0.5, 0.6) is 11.5 Å². The number of rotatable bonds is 7. The van der Waals surface area contributed by atoms with Crippen molar-refractivity contribution in [1.82, 2.24) is 15.1 Å². The second-order valence-electron chi connectivity index (χ2n) is 8.40. The van der Waals surface area contributed by atoms with E-state index in [2.05, 4.69) is 41.3 Å². The number of hydrogen-bond donors (Lipinski definition) is 2. The van der Waals surface area contributed by atoms with Gasteiger partial charge in [0, 0.05) is 38.8 Å². The first-order valence-corrected chi connectivity index (χ1v) is 10.7. The Bertz CT molecular complexity index is 814. The van der Waals surface area contributed by atoms with Crippen LogP contribution < -0.4 is 15.4 Å². The molecule has 3 rings (SSSR count). The number of piperazine rings is 1. The van der Waals surface area contributed by atoms with E-state index in [4.69, 9.17) is 4.74 Å². The molecule has 0 aliphatic carbocycles. The Balaban J connectivity index is 1.58. The van der Waals surface area contributed by atoms with Crippen LogP contribution in [0.1, 0.15) is 19.4 Å². The van der Waals surface area contributed by atoms with Crippen molar-refractivity contribution in [3.63, 3.8) is 0 Å². The van der Waals surface area contributed by atoms with Crippen LogP contribution in [0.15, 0.2) is 48.5 Å². The van der Waals surface area contributed by atoms with Gasteiger partial charge in [-0.2, -0.15) is 0 Å². The molecule has 0 saturated carbocycles. The van der Waals surface area contributed by atoms with Gasteiger partial charge in [-0.05, 0) is 44.2 Å². The normalized spacial score (nSPS) is 16.3. The van der Waals surface area contributed by atoms with Crippen molar-refractivity contribution in [1.29, 1.82) is 0 Å². The fourth-order valence-electron chi connectivity index (χ4n) is 3.70. The quantitative estimate of drug-likeness (QED) is 0.719. The van der Waals surface area contributed by atoms with E-state index in [1.807, 2.05) is 55.5 Å². The van der Waals surface area contributed by atoms with E-state index < -0.39 is 0 Å². The number of para-hydroxylation sites is 2. The van der Waals surface area contributed by atoms with E-state index in [0.717, 1.165) is 31.9 Å². The third-order valence-electron chi connectivity index (χ3n) is 5.63. The molecule has 1 heterocycles. The largest absolute Gasteiger partial charge is 0.455 e. The number of amides is 2. The number of nitrogens with zero attached hydrogens (tertiary/aromatic N) is 2. The zero-order valence-electron chi connectivity index (χ0n) is 18.5. The van der Waals surface area contributed by atoms with Gasteiger partial charge in [0.15, 0.2) is 5.75 Å². The van der Waals surface area contributed by atoms with E-state index >= 15 is 0 Å². The SMILES string of the molecule is Cc1ccc(Oc2ccccc2NC(=O)NCC(C(C)C)N2CCN(C)CC2)cc1. The van der Waals surface area contributed by atoms with E-state index in [1.54, 1.807) is 0 Å². The van der Waals surface area contributed by atoms with Crippen LogP contribution in [0, 0.1) is 12.8 Å². The first kappa shape index (κ1) is 22.1. The summed E-state index contributed by atoms with van der Waals surface area (Å²) in [4.78, 5) is 17.5. The lowest BCUT2D eigenvalue weighted by atomic mass is 10.0. The molecule has 6 nitrogen and oxygen atoms in total. The van der Waals surface area contributed by atoms with E-state index in [1.165, 1.54) is 5.56 Å². The highest BCUT2D eigenvalue weighted by Gasteiger charge is 2.25. The highest BCUT2D eigenvalue weighted by Crippen LogP contribution is 2.29. The van der Waals surface area contributed by atoms with E-state index in [9.17, 15) is 4.79 Å². The molecule has 0 radical (unpaired) electrons. The lowest BCUT2D eigenvalue weighted by Crippen LogP contribution is -2.54. The van der Waals surface area contributed by atoms with Crippen molar-refractivity contribution in [3.05, 3.63) is 54.1 Å². The van der Waals surface area contributed by atoms with Crippen LogP contribution in [-0.2, 0) is 0 Å².